The van der Waals surface area contributed by atoms with Crippen LogP contribution in [0.2, 0.25) is 0 Å². The molecule has 27 heavy (non-hydrogen) atoms. The molecule has 1 saturated heterocycles. The third-order valence-electron chi connectivity index (χ3n) is 4.44. The molecule has 2 rings (SSSR count). The molecule has 0 spiro atoms. The lowest BCUT2D eigenvalue weighted by molar-refractivity contribution is 0.0263. The Bertz CT molecular complexity index is 607. The number of ether oxygens (including phenoxy) is 1. The van der Waals surface area contributed by atoms with Gasteiger partial charge in [0.15, 0.2) is 5.96 Å². The molecule has 1 aliphatic heterocycles. The van der Waals surface area contributed by atoms with Gasteiger partial charge in [0.1, 0.15) is 0 Å². The number of amides is 2. The minimum Gasteiger partial charge on any atom is -0.378 e. The van der Waals surface area contributed by atoms with Gasteiger partial charge in [0.25, 0.3) is 0 Å². The van der Waals surface area contributed by atoms with Crippen LogP contribution in [-0.2, 0) is 11.3 Å². The molecule has 1 fully saturated rings. The average Bonchev–Trinajstić information content (AvgIpc) is 2.64. The Morgan fingerprint density at radius 3 is 2.48 bits per heavy atom. The number of anilines is 1. The highest BCUT2D eigenvalue weighted by Crippen LogP contribution is 2.14. The molecule has 0 aromatic heterocycles. The summed E-state index contributed by atoms with van der Waals surface area (Å²) < 4.78 is 5.71. The highest BCUT2D eigenvalue weighted by Gasteiger charge is 2.21. The summed E-state index contributed by atoms with van der Waals surface area (Å²) in [5, 5.41) is 9.06. The lowest BCUT2D eigenvalue weighted by Gasteiger charge is -2.34. The first kappa shape index (κ1) is 21.0. The Hall–Kier alpha value is -2.28. The zero-order valence-electron chi connectivity index (χ0n) is 16.9. The number of nitrogens with zero attached hydrogens (tertiary/aromatic N) is 2. The van der Waals surface area contributed by atoms with Crippen LogP contribution in [0.4, 0.5) is 10.5 Å². The van der Waals surface area contributed by atoms with Crippen molar-refractivity contribution in [1.82, 2.24) is 15.5 Å². The Labute approximate surface area is 162 Å². The summed E-state index contributed by atoms with van der Waals surface area (Å²) in [5.41, 5.74) is 1.91. The topological polar surface area (TPSA) is 78.0 Å². The fraction of sp³-hybridized carbons (Fsp3) is 0.600. The van der Waals surface area contributed by atoms with E-state index in [-0.39, 0.29) is 12.1 Å². The summed E-state index contributed by atoms with van der Waals surface area (Å²) in [5.74, 6) is 0.920. The fourth-order valence-corrected chi connectivity index (χ4v) is 3.12. The predicted molar refractivity (Wildman–Crippen MR) is 110 cm³/mol. The second-order valence-electron chi connectivity index (χ2n) is 6.99. The summed E-state index contributed by atoms with van der Waals surface area (Å²) in [4.78, 5) is 18.4. The lowest BCUT2D eigenvalue weighted by Crippen LogP contribution is -2.46. The van der Waals surface area contributed by atoms with Gasteiger partial charge in [-0.2, -0.15) is 0 Å². The maximum atomic E-state index is 11.7. The van der Waals surface area contributed by atoms with Gasteiger partial charge >= 0.3 is 6.03 Å². The van der Waals surface area contributed by atoms with E-state index >= 15 is 0 Å². The van der Waals surface area contributed by atoms with E-state index in [0.29, 0.717) is 12.6 Å². The highest BCUT2D eigenvalue weighted by molar-refractivity contribution is 5.89. The van der Waals surface area contributed by atoms with Crippen LogP contribution >= 0.6 is 0 Å². The quantitative estimate of drug-likeness (QED) is 0.528. The normalized spacial score (nSPS) is 15.7. The van der Waals surface area contributed by atoms with Crippen molar-refractivity contribution in [3.05, 3.63) is 29.8 Å². The van der Waals surface area contributed by atoms with Crippen molar-refractivity contribution in [2.24, 2.45) is 4.99 Å². The summed E-state index contributed by atoms with van der Waals surface area (Å²) in [6, 6.07) is 7.75. The molecule has 2 amide bonds. The number of piperidine rings is 1. The van der Waals surface area contributed by atoms with Crippen LogP contribution in [0.5, 0.6) is 0 Å². The smallest absolute Gasteiger partial charge is 0.319 e. The molecular weight excluding hydrogens is 342 g/mol. The van der Waals surface area contributed by atoms with Gasteiger partial charge < -0.3 is 25.6 Å². The molecule has 7 nitrogen and oxygen atoms in total. The molecule has 0 radical (unpaired) electrons. The molecule has 7 heteroatoms. The minimum absolute atomic E-state index is 0.110. The van der Waals surface area contributed by atoms with E-state index in [1.807, 2.05) is 52.1 Å². The number of nitrogens with one attached hydrogen (secondary N) is 3. The number of urea groups is 1. The highest BCUT2D eigenvalue weighted by atomic mass is 16.5. The van der Waals surface area contributed by atoms with Crippen molar-refractivity contribution in [1.29, 1.82) is 0 Å². The largest absolute Gasteiger partial charge is 0.378 e. The Morgan fingerprint density at radius 1 is 1.26 bits per heavy atom. The van der Waals surface area contributed by atoms with E-state index in [4.69, 9.17) is 4.74 Å². The Balaban J connectivity index is 1.80. The number of aliphatic imine (C=N–C) groups is 1. The summed E-state index contributed by atoms with van der Waals surface area (Å²) in [7, 11) is 1.82. The second-order valence-corrected chi connectivity index (χ2v) is 6.99. The van der Waals surface area contributed by atoms with Crippen molar-refractivity contribution in [2.75, 3.05) is 32.1 Å². The van der Waals surface area contributed by atoms with Gasteiger partial charge in [-0.3, -0.25) is 4.99 Å². The first-order valence-electron chi connectivity index (χ1n) is 9.75. The monoisotopic (exact) mass is 375 g/mol. The van der Waals surface area contributed by atoms with E-state index in [2.05, 4.69) is 25.8 Å². The van der Waals surface area contributed by atoms with Crippen molar-refractivity contribution >= 4 is 17.7 Å². The lowest BCUT2D eigenvalue weighted by atomic mass is 10.1. The van der Waals surface area contributed by atoms with Crippen molar-refractivity contribution in [2.45, 2.75) is 52.3 Å². The van der Waals surface area contributed by atoms with Gasteiger partial charge in [0.2, 0.25) is 0 Å². The molecule has 1 aromatic rings. The number of benzene rings is 1. The van der Waals surface area contributed by atoms with E-state index in [1.165, 1.54) is 0 Å². The predicted octanol–water partition coefficient (Wildman–Crippen LogP) is 2.79. The number of carbonyl (C=O) groups excluding carboxylic acids is 1. The van der Waals surface area contributed by atoms with Crippen LogP contribution in [0.15, 0.2) is 29.3 Å². The summed E-state index contributed by atoms with van der Waals surface area (Å²) >= 11 is 0. The SMILES string of the molecule is CCOC1CCN(C(=NC)NCc2ccc(NC(=O)NC(C)C)cc2)CC1. The third kappa shape index (κ3) is 7.09. The molecule has 3 N–H and O–H groups in total. The average molecular weight is 376 g/mol. The van der Waals surface area contributed by atoms with Gasteiger partial charge in [0, 0.05) is 45.0 Å². The minimum atomic E-state index is -0.188. The maximum Gasteiger partial charge on any atom is 0.319 e. The molecular formula is C20H33N5O2. The van der Waals surface area contributed by atoms with E-state index in [9.17, 15) is 4.79 Å². The molecule has 1 heterocycles. The zero-order chi connectivity index (χ0) is 19.6. The van der Waals surface area contributed by atoms with E-state index in [0.717, 1.165) is 49.7 Å². The molecule has 0 saturated carbocycles. The summed E-state index contributed by atoms with van der Waals surface area (Å²) in [6.07, 6.45) is 2.44. The number of hydrogen-bond donors (Lipinski definition) is 3. The van der Waals surface area contributed by atoms with Gasteiger partial charge in [-0.25, -0.2) is 4.79 Å². The first-order chi connectivity index (χ1) is 13.0. The number of hydrogen-bond acceptors (Lipinski definition) is 3. The molecule has 1 aliphatic rings. The number of rotatable bonds is 6. The van der Waals surface area contributed by atoms with Gasteiger partial charge in [0.05, 0.1) is 6.10 Å². The standard InChI is InChI=1S/C20H33N5O2/c1-5-27-18-10-12-25(13-11-18)19(21-4)22-14-16-6-8-17(9-7-16)24-20(26)23-15(2)3/h6-9,15,18H,5,10-14H2,1-4H3,(H,21,22)(H2,23,24,26). The third-order valence-corrected chi connectivity index (χ3v) is 4.44. The van der Waals surface area contributed by atoms with Crippen LogP contribution in [0, 0.1) is 0 Å². The molecule has 0 atom stereocenters. The molecule has 150 valence electrons. The molecule has 1 aromatic carbocycles. The van der Waals surface area contributed by atoms with Crippen LogP contribution in [-0.4, -0.2) is 55.8 Å². The van der Waals surface area contributed by atoms with E-state index in [1.54, 1.807) is 0 Å². The second kappa shape index (κ2) is 10.8. The van der Waals surface area contributed by atoms with Crippen LogP contribution < -0.4 is 16.0 Å². The summed E-state index contributed by atoms with van der Waals surface area (Å²) in [6.45, 7) is 9.29. The first-order valence-corrected chi connectivity index (χ1v) is 9.75. The Kier molecular flexibility index (Phi) is 8.39. The van der Waals surface area contributed by atoms with Crippen LogP contribution in [0.3, 0.4) is 0 Å². The Morgan fingerprint density at radius 2 is 1.93 bits per heavy atom. The van der Waals surface area contributed by atoms with Gasteiger partial charge in [-0.15, -0.1) is 0 Å². The zero-order valence-corrected chi connectivity index (χ0v) is 16.9. The van der Waals surface area contributed by atoms with Crippen molar-refractivity contribution < 1.29 is 9.53 Å². The van der Waals surface area contributed by atoms with E-state index < -0.39 is 0 Å². The van der Waals surface area contributed by atoms with Crippen molar-refractivity contribution in [3.8, 4) is 0 Å². The van der Waals surface area contributed by atoms with Gasteiger partial charge in [-0.1, -0.05) is 12.1 Å². The number of likely N-dealkylation sites (tertiary alicyclic amines) is 1. The fourth-order valence-electron chi connectivity index (χ4n) is 3.12. The van der Waals surface area contributed by atoms with Gasteiger partial charge in [-0.05, 0) is 51.3 Å². The van der Waals surface area contributed by atoms with Crippen molar-refractivity contribution in [3.63, 3.8) is 0 Å². The van der Waals surface area contributed by atoms with Crippen LogP contribution in [0.1, 0.15) is 39.2 Å². The maximum absolute atomic E-state index is 11.7. The molecule has 0 unspecified atom stereocenters. The number of carbonyl (C=O) groups is 1. The molecule has 0 aliphatic carbocycles. The number of guanidine groups is 1. The van der Waals surface area contributed by atoms with Crippen LogP contribution in [0.25, 0.3) is 0 Å². The molecule has 0 bridgehead atoms.